The Labute approximate surface area is 178 Å². The van der Waals surface area contributed by atoms with E-state index >= 15 is 0 Å². The maximum Gasteiger partial charge on any atom is 0.259 e. The van der Waals surface area contributed by atoms with E-state index in [-0.39, 0.29) is 29.6 Å². The molecule has 31 heavy (non-hydrogen) atoms. The molecule has 156 valence electrons. The molecule has 0 fully saturated rings. The summed E-state index contributed by atoms with van der Waals surface area (Å²) in [5.74, 6) is 1.76. The van der Waals surface area contributed by atoms with E-state index in [1.54, 1.807) is 23.2 Å². The van der Waals surface area contributed by atoms with Crippen LogP contribution in [0.2, 0.25) is 0 Å². The molecule has 0 saturated heterocycles. The van der Waals surface area contributed by atoms with E-state index in [1.807, 2.05) is 51.2 Å². The Balaban J connectivity index is 1.64. The van der Waals surface area contributed by atoms with E-state index < -0.39 is 0 Å². The van der Waals surface area contributed by atoms with Crippen molar-refractivity contribution in [3.05, 3.63) is 48.7 Å². The van der Waals surface area contributed by atoms with E-state index in [2.05, 4.69) is 41.8 Å². The summed E-state index contributed by atoms with van der Waals surface area (Å²) in [6.07, 6.45) is 1.64. The molecule has 4 rings (SSSR count). The maximum absolute atomic E-state index is 5.55. The first-order valence-corrected chi connectivity index (χ1v) is 9.52. The molecule has 0 spiro atoms. The summed E-state index contributed by atoms with van der Waals surface area (Å²) in [6.45, 7) is 7.38. The summed E-state index contributed by atoms with van der Waals surface area (Å²) in [6, 6.07) is 13.2. The van der Waals surface area contributed by atoms with Crippen LogP contribution in [-0.2, 0) is 0 Å². The first-order chi connectivity index (χ1) is 15.0. The maximum atomic E-state index is 5.55. The quantitative estimate of drug-likeness (QED) is 0.414. The normalized spacial score (nSPS) is 10.8. The van der Waals surface area contributed by atoms with Crippen molar-refractivity contribution in [2.24, 2.45) is 4.99 Å². The van der Waals surface area contributed by atoms with Crippen LogP contribution in [0.25, 0.3) is 23.1 Å². The number of para-hydroxylation sites is 1. The fourth-order valence-corrected chi connectivity index (χ4v) is 2.69. The summed E-state index contributed by atoms with van der Waals surface area (Å²) < 4.78 is 10.9. The molecular weight excluding hydrogens is 396 g/mol. The topological polar surface area (TPSA) is 115 Å². The van der Waals surface area contributed by atoms with Gasteiger partial charge in [0, 0.05) is 25.0 Å². The second-order valence-electron chi connectivity index (χ2n) is 6.79. The molecule has 0 unspecified atom stereocenters. The Kier molecular flexibility index (Phi) is 5.61. The smallest absolute Gasteiger partial charge is 0.259 e. The number of aliphatic imine (C=N–C) groups is 1. The van der Waals surface area contributed by atoms with Crippen molar-refractivity contribution in [2.45, 2.75) is 20.0 Å². The van der Waals surface area contributed by atoms with Gasteiger partial charge in [0.05, 0.1) is 11.7 Å². The third kappa shape index (κ3) is 4.53. The first kappa shape index (κ1) is 20.1. The molecule has 0 N–H and O–H groups in total. The number of benzene rings is 1. The van der Waals surface area contributed by atoms with Crippen molar-refractivity contribution in [1.82, 2.24) is 30.1 Å². The van der Waals surface area contributed by atoms with Crippen LogP contribution in [0.3, 0.4) is 0 Å². The fourth-order valence-electron chi connectivity index (χ4n) is 2.69. The van der Waals surface area contributed by atoms with Crippen LogP contribution < -0.4 is 9.64 Å². The van der Waals surface area contributed by atoms with Gasteiger partial charge in [-0.2, -0.15) is 19.9 Å². The van der Waals surface area contributed by atoms with Gasteiger partial charge in [0.25, 0.3) is 11.8 Å². The standard InChI is InChI=1S/C21H20N8O2/c1-13(2)30-16-11-10-14(12-23-16)19-24-18(28-31-19)17-25-20(22-3)27-21(26-17)29(4)15-8-6-5-7-9-15/h5-13H,3H2,1-2,4H3. The van der Waals surface area contributed by atoms with Gasteiger partial charge in [0.2, 0.25) is 23.5 Å². The number of anilines is 2. The average Bonchev–Trinajstić information content (AvgIpc) is 3.29. The molecule has 0 bridgehead atoms. The molecule has 3 heterocycles. The third-order valence-corrected chi connectivity index (χ3v) is 4.16. The second-order valence-corrected chi connectivity index (χ2v) is 6.79. The summed E-state index contributed by atoms with van der Waals surface area (Å²) >= 11 is 0. The molecule has 1 aromatic carbocycles. The summed E-state index contributed by atoms with van der Waals surface area (Å²) in [5, 5.41) is 4.00. The van der Waals surface area contributed by atoms with Crippen molar-refractivity contribution in [3.63, 3.8) is 0 Å². The second kappa shape index (κ2) is 8.66. The summed E-state index contributed by atoms with van der Waals surface area (Å²) in [5.41, 5.74) is 1.55. The largest absolute Gasteiger partial charge is 0.475 e. The van der Waals surface area contributed by atoms with Gasteiger partial charge in [-0.15, -0.1) is 0 Å². The van der Waals surface area contributed by atoms with Crippen molar-refractivity contribution in [1.29, 1.82) is 0 Å². The van der Waals surface area contributed by atoms with E-state index in [9.17, 15) is 0 Å². The molecule has 10 heteroatoms. The number of nitrogens with zero attached hydrogens (tertiary/aromatic N) is 8. The Morgan fingerprint density at radius 1 is 1.00 bits per heavy atom. The number of ether oxygens (including phenoxy) is 1. The average molecular weight is 416 g/mol. The summed E-state index contributed by atoms with van der Waals surface area (Å²) in [4.78, 5) is 27.3. The minimum absolute atomic E-state index is 0.0353. The van der Waals surface area contributed by atoms with E-state index in [0.29, 0.717) is 17.4 Å². The highest BCUT2D eigenvalue weighted by Gasteiger charge is 2.18. The third-order valence-electron chi connectivity index (χ3n) is 4.16. The van der Waals surface area contributed by atoms with Crippen LogP contribution >= 0.6 is 0 Å². The van der Waals surface area contributed by atoms with Crippen LogP contribution in [0.1, 0.15) is 13.8 Å². The predicted molar refractivity (Wildman–Crippen MR) is 116 cm³/mol. The van der Waals surface area contributed by atoms with Crippen LogP contribution in [-0.4, -0.2) is 49.9 Å². The molecule has 4 aromatic rings. The van der Waals surface area contributed by atoms with Crippen molar-refractivity contribution in [3.8, 4) is 29.0 Å². The van der Waals surface area contributed by atoms with E-state index in [1.165, 1.54) is 0 Å². The minimum Gasteiger partial charge on any atom is -0.475 e. The van der Waals surface area contributed by atoms with Gasteiger partial charge >= 0.3 is 0 Å². The summed E-state index contributed by atoms with van der Waals surface area (Å²) in [7, 11) is 1.84. The lowest BCUT2D eigenvalue weighted by Gasteiger charge is -2.17. The lowest BCUT2D eigenvalue weighted by molar-refractivity contribution is 0.232. The molecule has 0 saturated carbocycles. The lowest BCUT2D eigenvalue weighted by Crippen LogP contribution is -2.14. The zero-order valence-corrected chi connectivity index (χ0v) is 17.3. The van der Waals surface area contributed by atoms with Gasteiger partial charge in [-0.05, 0) is 38.8 Å². The van der Waals surface area contributed by atoms with E-state index in [4.69, 9.17) is 9.26 Å². The molecule has 3 aromatic heterocycles. The molecule has 0 aliphatic heterocycles. The van der Waals surface area contributed by atoms with Crippen LogP contribution in [0.15, 0.2) is 58.2 Å². The van der Waals surface area contributed by atoms with E-state index in [0.717, 1.165) is 5.69 Å². The first-order valence-electron chi connectivity index (χ1n) is 9.52. The minimum atomic E-state index is 0.0353. The molecular formula is C21H20N8O2. The van der Waals surface area contributed by atoms with Gasteiger partial charge in [-0.25, -0.2) is 9.98 Å². The number of pyridine rings is 1. The Bertz CT molecular complexity index is 1180. The highest BCUT2D eigenvalue weighted by Crippen LogP contribution is 2.25. The number of rotatable bonds is 7. The molecule has 0 aliphatic carbocycles. The zero-order chi connectivity index (χ0) is 21.8. The SMILES string of the molecule is C=Nc1nc(-c2noc(-c3ccc(OC(C)C)nc3)n2)nc(N(C)c2ccccc2)n1. The van der Waals surface area contributed by atoms with Gasteiger partial charge in [0.15, 0.2) is 0 Å². The zero-order valence-electron chi connectivity index (χ0n) is 17.3. The molecule has 0 radical (unpaired) electrons. The van der Waals surface area contributed by atoms with Crippen molar-refractivity contribution in [2.75, 3.05) is 11.9 Å². The highest BCUT2D eigenvalue weighted by atomic mass is 16.5. The van der Waals surface area contributed by atoms with Crippen LogP contribution in [0.4, 0.5) is 17.6 Å². The Morgan fingerprint density at radius 3 is 2.48 bits per heavy atom. The van der Waals surface area contributed by atoms with Gasteiger partial charge in [-0.1, -0.05) is 23.4 Å². The van der Waals surface area contributed by atoms with Gasteiger partial charge in [-0.3, -0.25) is 0 Å². The lowest BCUT2D eigenvalue weighted by atomic mass is 10.3. The van der Waals surface area contributed by atoms with Crippen LogP contribution in [0.5, 0.6) is 5.88 Å². The monoisotopic (exact) mass is 416 g/mol. The highest BCUT2D eigenvalue weighted by molar-refractivity contribution is 5.60. The number of hydrogen-bond donors (Lipinski definition) is 0. The fraction of sp³-hybridized carbons (Fsp3) is 0.190. The molecule has 0 atom stereocenters. The van der Waals surface area contributed by atoms with Crippen molar-refractivity contribution >= 4 is 24.3 Å². The predicted octanol–water partition coefficient (Wildman–Crippen LogP) is 3.87. The van der Waals surface area contributed by atoms with Gasteiger partial charge in [0.1, 0.15) is 0 Å². The van der Waals surface area contributed by atoms with Crippen LogP contribution in [0, 0.1) is 0 Å². The van der Waals surface area contributed by atoms with Gasteiger partial charge < -0.3 is 14.2 Å². The Hall–Kier alpha value is -4.21. The Morgan fingerprint density at radius 2 is 1.81 bits per heavy atom. The van der Waals surface area contributed by atoms with Crippen molar-refractivity contribution < 1.29 is 9.26 Å². The number of aromatic nitrogens is 6. The number of hydrogen-bond acceptors (Lipinski definition) is 10. The molecule has 0 amide bonds. The molecule has 10 nitrogen and oxygen atoms in total. The molecule has 0 aliphatic rings.